The number of benzene rings is 3. The van der Waals surface area contributed by atoms with Crippen LogP contribution in [0.15, 0.2) is 76.1 Å². The molecule has 162 valence electrons. The first kappa shape index (κ1) is 23.8. The second-order valence-electron chi connectivity index (χ2n) is 6.86. The average Bonchev–Trinajstić information content (AvgIpc) is 2.71. The van der Waals surface area contributed by atoms with Crippen LogP contribution in [-0.4, -0.2) is 25.2 Å². The molecule has 0 radical (unpaired) electrons. The Bertz CT molecular complexity index is 1180. The van der Waals surface area contributed by atoms with Crippen LogP contribution >= 0.6 is 39.1 Å². The van der Waals surface area contributed by atoms with E-state index in [2.05, 4.69) is 21.2 Å². The van der Waals surface area contributed by atoms with Gasteiger partial charge in [-0.15, -0.1) is 0 Å². The highest BCUT2D eigenvalue weighted by Crippen LogP contribution is 2.23. The molecule has 0 atom stereocenters. The minimum atomic E-state index is -3.93. The second kappa shape index (κ2) is 10.1. The number of carbonyl (C=O) groups is 1. The molecule has 0 saturated heterocycles. The van der Waals surface area contributed by atoms with Crippen molar-refractivity contribution in [1.82, 2.24) is 4.31 Å². The summed E-state index contributed by atoms with van der Waals surface area (Å²) in [6.45, 7) is 1.47. The molecule has 1 N–H and O–H groups in total. The molecule has 0 aliphatic carbocycles. The third-order valence-corrected chi connectivity index (χ3v) is 7.33. The van der Waals surface area contributed by atoms with Gasteiger partial charge in [0.1, 0.15) is 0 Å². The number of hydrogen-bond acceptors (Lipinski definition) is 3. The molecule has 0 fully saturated rings. The molecule has 0 heterocycles. The van der Waals surface area contributed by atoms with E-state index in [0.29, 0.717) is 21.3 Å². The number of sulfonamides is 1. The molecule has 0 saturated carbocycles. The van der Waals surface area contributed by atoms with E-state index in [1.807, 2.05) is 6.92 Å². The van der Waals surface area contributed by atoms with E-state index in [-0.39, 0.29) is 18.0 Å². The Morgan fingerprint density at radius 1 is 0.968 bits per heavy atom. The molecule has 3 rings (SSSR count). The van der Waals surface area contributed by atoms with Gasteiger partial charge < -0.3 is 5.32 Å². The van der Waals surface area contributed by atoms with Gasteiger partial charge in [-0.3, -0.25) is 4.79 Å². The molecule has 0 aliphatic rings. The first-order valence-corrected chi connectivity index (χ1v) is 12.2. The van der Waals surface area contributed by atoms with Gasteiger partial charge in [0.25, 0.3) is 0 Å². The molecule has 3 aromatic carbocycles. The number of halogens is 3. The van der Waals surface area contributed by atoms with E-state index in [4.69, 9.17) is 23.2 Å². The standard InChI is InChI=1S/C22H19BrCl2N2O3S/c1-15-12-19(25)8-11-21(15)26-22(28)14-27(13-16-2-6-18(24)7-3-16)31(29,30)20-9-4-17(23)5-10-20/h2-12H,13-14H2,1H3,(H,26,28). The lowest BCUT2D eigenvalue weighted by Crippen LogP contribution is -2.37. The van der Waals surface area contributed by atoms with Crippen molar-refractivity contribution < 1.29 is 13.2 Å². The maximum atomic E-state index is 13.3. The fourth-order valence-electron chi connectivity index (χ4n) is 2.89. The third-order valence-electron chi connectivity index (χ3n) is 4.51. The number of anilines is 1. The summed E-state index contributed by atoms with van der Waals surface area (Å²) < 4.78 is 28.5. The van der Waals surface area contributed by atoms with Gasteiger partial charge in [-0.2, -0.15) is 4.31 Å². The largest absolute Gasteiger partial charge is 0.325 e. The summed E-state index contributed by atoms with van der Waals surface area (Å²) in [5, 5.41) is 3.86. The Kier molecular flexibility index (Phi) is 7.78. The Balaban J connectivity index is 1.88. The Morgan fingerprint density at radius 2 is 1.58 bits per heavy atom. The van der Waals surface area contributed by atoms with E-state index < -0.39 is 15.9 Å². The predicted molar refractivity (Wildman–Crippen MR) is 128 cm³/mol. The molecule has 0 bridgehead atoms. The lowest BCUT2D eigenvalue weighted by molar-refractivity contribution is -0.116. The van der Waals surface area contributed by atoms with E-state index >= 15 is 0 Å². The van der Waals surface area contributed by atoms with Gasteiger partial charge in [0, 0.05) is 26.8 Å². The molecule has 9 heteroatoms. The van der Waals surface area contributed by atoms with Gasteiger partial charge in [-0.05, 0) is 72.6 Å². The molecule has 0 unspecified atom stereocenters. The van der Waals surface area contributed by atoms with E-state index in [0.717, 1.165) is 14.3 Å². The van der Waals surface area contributed by atoms with Crippen LogP contribution in [0.25, 0.3) is 0 Å². The molecule has 0 aliphatic heterocycles. The molecular formula is C22H19BrCl2N2O3S. The summed E-state index contributed by atoms with van der Waals surface area (Å²) >= 11 is 15.2. The summed E-state index contributed by atoms with van der Waals surface area (Å²) in [4.78, 5) is 12.9. The SMILES string of the molecule is Cc1cc(Cl)ccc1NC(=O)CN(Cc1ccc(Cl)cc1)S(=O)(=O)c1ccc(Br)cc1. The number of carbonyl (C=O) groups excluding carboxylic acids is 1. The van der Waals surface area contributed by atoms with Gasteiger partial charge in [-0.25, -0.2) is 8.42 Å². The molecule has 31 heavy (non-hydrogen) atoms. The van der Waals surface area contributed by atoms with Crippen LogP contribution in [0, 0.1) is 6.92 Å². The van der Waals surface area contributed by atoms with E-state index in [1.165, 1.54) is 12.1 Å². The Labute approximate surface area is 200 Å². The highest BCUT2D eigenvalue weighted by Gasteiger charge is 2.27. The third kappa shape index (κ3) is 6.30. The zero-order chi connectivity index (χ0) is 22.6. The van der Waals surface area contributed by atoms with Crippen LogP contribution in [0.4, 0.5) is 5.69 Å². The highest BCUT2D eigenvalue weighted by atomic mass is 79.9. The Hall–Kier alpha value is -1.90. The van der Waals surface area contributed by atoms with Gasteiger partial charge in [0.15, 0.2) is 0 Å². The van der Waals surface area contributed by atoms with Gasteiger partial charge in [0.05, 0.1) is 11.4 Å². The monoisotopic (exact) mass is 540 g/mol. The Morgan fingerprint density at radius 3 is 2.19 bits per heavy atom. The van der Waals surface area contributed by atoms with Crippen LogP contribution < -0.4 is 5.32 Å². The number of nitrogens with one attached hydrogen (secondary N) is 1. The zero-order valence-electron chi connectivity index (χ0n) is 16.5. The maximum Gasteiger partial charge on any atom is 0.243 e. The summed E-state index contributed by atoms with van der Waals surface area (Å²) in [5.74, 6) is -0.458. The molecular weight excluding hydrogens is 523 g/mol. The minimum Gasteiger partial charge on any atom is -0.325 e. The molecule has 1 amide bonds. The average molecular weight is 542 g/mol. The van der Waals surface area contributed by atoms with Crippen LogP contribution in [0.1, 0.15) is 11.1 Å². The van der Waals surface area contributed by atoms with Crippen molar-refractivity contribution in [3.8, 4) is 0 Å². The number of rotatable bonds is 7. The fourth-order valence-corrected chi connectivity index (χ4v) is 4.89. The highest BCUT2D eigenvalue weighted by molar-refractivity contribution is 9.10. The summed E-state index contributed by atoms with van der Waals surface area (Å²) in [6.07, 6.45) is 0. The molecule has 5 nitrogen and oxygen atoms in total. The quantitative estimate of drug-likeness (QED) is 0.405. The first-order chi connectivity index (χ1) is 14.6. The van der Waals surface area contributed by atoms with E-state index in [9.17, 15) is 13.2 Å². The van der Waals surface area contributed by atoms with Crippen molar-refractivity contribution in [2.45, 2.75) is 18.4 Å². The maximum absolute atomic E-state index is 13.3. The summed E-state index contributed by atoms with van der Waals surface area (Å²) in [6, 6.07) is 18.2. The summed E-state index contributed by atoms with van der Waals surface area (Å²) in [7, 11) is -3.93. The topological polar surface area (TPSA) is 66.5 Å². The fraction of sp³-hybridized carbons (Fsp3) is 0.136. The van der Waals surface area contributed by atoms with Crippen LogP contribution in [0.2, 0.25) is 10.0 Å². The number of nitrogens with zero attached hydrogens (tertiary/aromatic N) is 1. The van der Waals surface area contributed by atoms with Gasteiger partial charge >= 0.3 is 0 Å². The number of hydrogen-bond donors (Lipinski definition) is 1. The van der Waals surface area contributed by atoms with Gasteiger partial charge in [-0.1, -0.05) is 51.3 Å². The lowest BCUT2D eigenvalue weighted by Gasteiger charge is -2.22. The van der Waals surface area contributed by atoms with Crippen molar-refractivity contribution in [2.75, 3.05) is 11.9 Å². The first-order valence-electron chi connectivity index (χ1n) is 9.21. The number of aryl methyl sites for hydroxylation is 1. The normalized spacial score (nSPS) is 11.5. The van der Waals surface area contributed by atoms with Crippen molar-refractivity contribution in [3.63, 3.8) is 0 Å². The second-order valence-corrected chi connectivity index (χ2v) is 10.6. The van der Waals surface area contributed by atoms with Crippen molar-refractivity contribution in [2.24, 2.45) is 0 Å². The minimum absolute atomic E-state index is 0.0165. The van der Waals surface area contributed by atoms with Crippen molar-refractivity contribution in [3.05, 3.63) is 92.4 Å². The lowest BCUT2D eigenvalue weighted by atomic mass is 10.2. The summed E-state index contributed by atoms with van der Waals surface area (Å²) in [5.41, 5.74) is 2.06. The van der Waals surface area contributed by atoms with Crippen molar-refractivity contribution >= 4 is 60.7 Å². The van der Waals surface area contributed by atoms with Crippen LogP contribution in [0.3, 0.4) is 0 Å². The number of amides is 1. The molecule has 3 aromatic rings. The van der Waals surface area contributed by atoms with Crippen molar-refractivity contribution in [1.29, 1.82) is 0 Å². The van der Waals surface area contributed by atoms with Crippen LogP contribution in [0.5, 0.6) is 0 Å². The molecule has 0 spiro atoms. The smallest absolute Gasteiger partial charge is 0.243 e. The zero-order valence-corrected chi connectivity index (χ0v) is 20.4. The van der Waals surface area contributed by atoms with E-state index in [1.54, 1.807) is 54.6 Å². The van der Waals surface area contributed by atoms with Gasteiger partial charge in [0.2, 0.25) is 15.9 Å². The van der Waals surface area contributed by atoms with Crippen LogP contribution in [-0.2, 0) is 21.4 Å². The molecule has 0 aromatic heterocycles. The predicted octanol–water partition coefficient (Wildman–Crippen LogP) is 5.89.